The van der Waals surface area contributed by atoms with Crippen LogP contribution in [0.5, 0.6) is 0 Å². The summed E-state index contributed by atoms with van der Waals surface area (Å²) in [4.78, 5) is 16.9. The molecule has 1 aliphatic carbocycles. The fourth-order valence-corrected chi connectivity index (χ4v) is 4.93. The lowest BCUT2D eigenvalue weighted by atomic mass is 9.55. The van der Waals surface area contributed by atoms with Crippen molar-refractivity contribution in [2.45, 2.75) is 105 Å². The fraction of sp³-hybridized carbons (Fsp3) is 0.667. The first kappa shape index (κ1) is 27.9. The molecule has 0 spiro atoms. The first-order valence-electron chi connectivity index (χ1n) is 12.3. The van der Waals surface area contributed by atoms with E-state index in [1.807, 2.05) is 45.3 Å². The van der Waals surface area contributed by atoms with Gasteiger partial charge in [-0.15, -0.1) is 0 Å². The summed E-state index contributed by atoms with van der Waals surface area (Å²) in [5.74, 6) is -2.71. The molecule has 2 atom stereocenters. The maximum atomic E-state index is 14.5. The van der Waals surface area contributed by atoms with Crippen LogP contribution in [0.3, 0.4) is 0 Å². The Bertz CT molecular complexity index is 1070. The van der Waals surface area contributed by atoms with E-state index in [2.05, 4.69) is 4.98 Å². The van der Waals surface area contributed by atoms with E-state index in [1.165, 1.54) is 6.07 Å². The second-order valence-corrected chi connectivity index (χ2v) is 10.3. The summed E-state index contributed by atoms with van der Waals surface area (Å²) >= 11 is 0. The molecule has 0 bridgehead atoms. The number of nitrogens with zero attached hydrogens (tertiary/aromatic N) is 3. The number of halogens is 3. The highest BCUT2D eigenvalue weighted by Gasteiger charge is 2.63. The number of ketones is 1. The largest absolute Gasteiger partial charge is 0.322 e. The third-order valence-corrected chi connectivity index (χ3v) is 7.14. The number of fused-ring (bicyclic) bond motifs is 1. The van der Waals surface area contributed by atoms with E-state index in [1.54, 1.807) is 19.9 Å². The molecule has 2 aromatic rings. The maximum Gasteiger partial charge on any atom is 0.253 e. The van der Waals surface area contributed by atoms with E-state index in [-0.39, 0.29) is 42.6 Å². The minimum Gasteiger partial charge on any atom is -0.322 e. The van der Waals surface area contributed by atoms with Gasteiger partial charge in [-0.05, 0) is 58.1 Å². The van der Waals surface area contributed by atoms with E-state index < -0.39 is 17.2 Å². The summed E-state index contributed by atoms with van der Waals surface area (Å²) in [7, 11) is 0. The molecular formula is C27H40F3N3O. The number of aromatic nitrogens is 2. The molecule has 4 nitrogen and oxygen atoms in total. The van der Waals surface area contributed by atoms with Crippen molar-refractivity contribution in [2.24, 2.45) is 11.3 Å². The zero-order valence-electron chi connectivity index (χ0n) is 21.6. The number of benzene rings is 1. The van der Waals surface area contributed by atoms with Crippen molar-refractivity contribution in [3.63, 3.8) is 0 Å². The topological polar surface area (TPSA) is 58.7 Å². The van der Waals surface area contributed by atoms with Gasteiger partial charge in [-0.2, -0.15) is 5.26 Å². The van der Waals surface area contributed by atoms with E-state index in [0.29, 0.717) is 43.4 Å². The molecule has 1 aromatic heterocycles. The second kappa shape index (κ2) is 10.5. The van der Waals surface area contributed by atoms with E-state index >= 15 is 0 Å². The van der Waals surface area contributed by atoms with Crippen molar-refractivity contribution in [1.82, 2.24) is 9.55 Å². The van der Waals surface area contributed by atoms with Crippen LogP contribution >= 0.6 is 0 Å². The van der Waals surface area contributed by atoms with Crippen LogP contribution in [-0.4, -0.2) is 21.3 Å². The molecule has 0 aliphatic heterocycles. The maximum absolute atomic E-state index is 14.5. The Hall–Kier alpha value is -2.36. The minimum absolute atomic E-state index is 0. The lowest BCUT2D eigenvalue weighted by Gasteiger charge is -2.53. The van der Waals surface area contributed by atoms with Gasteiger partial charge in [0.05, 0.1) is 17.1 Å². The number of alkyl halides is 2. The first-order valence-corrected chi connectivity index (χ1v) is 12.3. The number of nitriles is 1. The van der Waals surface area contributed by atoms with Gasteiger partial charge in [0.2, 0.25) is 0 Å². The van der Waals surface area contributed by atoms with Crippen molar-refractivity contribution >= 4 is 16.8 Å². The average molecular weight is 480 g/mol. The number of carbonyl (C=O) groups excluding carboxylic acids is 1. The smallest absolute Gasteiger partial charge is 0.253 e. The van der Waals surface area contributed by atoms with Crippen LogP contribution in [0.4, 0.5) is 13.2 Å². The first-order chi connectivity index (χ1) is 15.8. The SMILES string of the molecule is CC.CCC1(C)C(CC(=O)CCCCc2nc3c(F)cc(C#N)cc3n2C(C)(C)C)CC1(F)F.[HH]. The predicted octanol–water partition coefficient (Wildman–Crippen LogP) is 7.82. The van der Waals surface area contributed by atoms with Crippen molar-refractivity contribution in [1.29, 1.82) is 5.26 Å². The lowest BCUT2D eigenvalue weighted by Crippen LogP contribution is -2.56. The summed E-state index contributed by atoms with van der Waals surface area (Å²) in [6, 6.07) is 4.84. The zero-order valence-corrected chi connectivity index (χ0v) is 21.6. The van der Waals surface area contributed by atoms with Gasteiger partial charge in [0.1, 0.15) is 17.1 Å². The number of aryl methyl sites for hydroxylation is 1. The molecule has 3 rings (SSSR count). The highest BCUT2D eigenvalue weighted by Crippen LogP contribution is 2.61. The van der Waals surface area contributed by atoms with Gasteiger partial charge in [-0.3, -0.25) is 4.79 Å². The molecule has 1 aromatic carbocycles. The Balaban J connectivity index is 0.00000199. The van der Waals surface area contributed by atoms with Crippen LogP contribution < -0.4 is 0 Å². The number of imidazole rings is 1. The molecule has 1 fully saturated rings. The molecule has 7 heteroatoms. The number of rotatable bonds is 8. The molecule has 0 amide bonds. The van der Waals surface area contributed by atoms with Crippen LogP contribution in [0.1, 0.15) is 99.8 Å². The van der Waals surface area contributed by atoms with Crippen LogP contribution in [0.25, 0.3) is 11.0 Å². The predicted molar refractivity (Wildman–Crippen MR) is 131 cm³/mol. The normalized spacial score (nSPS) is 21.4. The molecule has 0 saturated heterocycles. The van der Waals surface area contributed by atoms with Gasteiger partial charge in [0.25, 0.3) is 5.92 Å². The molecule has 2 unspecified atom stereocenters. The Labute approximate surface area is 203 Å². The third-order valence-electron chi connectivity index (χ3n) is 7.14. The van der Waals surface area contributed by atoms with Crippen molar-refractivity contribution in [3.05, 3.63) is 29.3 Å². The van der Waals surface area contributed by atoms with Gasteiger partial charge in [-0.25, -0.2) is 18.2 Å². The minimum atomic E-state index is -2.68. The second-order valence-electron chi connectivity index (χ2n) is 10.3. The number of unbranched alkanes of at least 4 members (excludes halogenated alkanes) is 1. The van der Waals surface area contributed by atoms with Crippen LogP contribution in [0.15, 0.2) is 12.1 Å². The highest BCUT2D eigenvalue weighted by molar-refractivity contribution is 5.79. The summed E-state index contributed by atoms with van der Waals surface area (Å²) < 4.78 is 44.3. The van der Waals surface area contributed by atoms with E-state index in [9.17, 15) is 23.2 Å². The van der Waals surface area contributed by atoms with Crippen LogP contribution in [0, 0.1) is 28.5 Å². The molecular weight excluding hydrogens is 439 g/mol. The fourth-order valence-electron chi connectivity index (χ4n) is 4.93. The van der Waals surface area contributed by atoms with Gasteiger partial charge in [0, 0.05) is 38.1 Å². The molecule has 1 aliphatic rings. The van der Waals surface area contributed by atoms with Gasteiger partial charge < -0.3 is 4.57 Å². The lowest BCUT2D eigenvalue weighted by molar-refractivity contribution is -0.237. The summed E-state index contributed by atoms with van der Waals surface area (Å²) in [6.07, 6.45) is 2.61. The van der Waals surface area contributed by atoms with Crippen LogP contribution in [0.2, 0.25) is 0 Å². The molecule has 34 heavy (non-hydrogen) atoms. The standard InChI is InChI=1S/C25H32F3N3O.C2H6.H2/c1-6-24(5)17(14-25(24,27)28)13-18(32)9-7-8-10-21-30-22-19(26)11-16(15-29)12-20(22)31(21)23(2,3)4;1-2;/h11-12,17H,6-10,13-14H2,1-5H3;1-2H3;1H. The Kier molecular flexibility index (Phi) is 8.61. The quantitative estimate of drug-likeness (QED) is 0.363. The van der Waals surface area contributed by atoms with Crippen molar-refractivity contribution in [3.8, 4) is 6.07 Å². The molecule has 190 valence electrons. The van der Waals surface area contributed by atoms with E-state index in [4.69, 9.17) is 0 Å². The monoisotopic (exact) mass is 479 g/mol. The van der Waals surface area contributed by atoms with Gasteiger partial charge in [-0.1, -0.05) is 27.7 Å². The number of hydrogen-bond acceptors (Lipinski definition) is 3. The summed E-state index contributed by atoms with van der Waals surface area (Å²) in [6.45, 7) is 13.3. The number of carbonyl (C=O) groups is 1. The van der Waals surface area contributed by atoms with Gasteiger partial charge >= 0.3 is 0 Å². The van der Waals surface area contributed by atoms with E-state index in [0.717, 1.165) is 0 Å². The molecule has 1 saturated carbocycles. The summed E-state index contributed by atoms with van der Waals surface area (Å²) in [5.41, 5.74) is -0.356. The van der Waals surface area contributed by atoms with Crippen molar-refractivity contribution < 1.29 is 19.4 Å². The Morgan fingerprint density at radius 1 is 1.29 bits per heavy atom. The Morgan fingerprint density at radius 3 is 2.47 bits per heavy atom. The number of hydrogen-bond donors (Lipinski definition) is 0. The summed E-state index contributed by atoms with van der Waals surface area (Å²) in [5, 5.41) is 9.19. The number of Topliss-reactive ketones (excluding diaryl/α,β-unsaturated/α-hetero) is 1. The molecule has 0 radical (unpaired) electrons. The average Bonchev–Trinajstić information content (AvgIpc) is 3.16. The van der Waals surface area contributed by atoms with Gasteiger partial charge in [0.15, 0.2) is 5.82 Å². The highest BCUT2D eigenvalue weighted by atomic mass is 19.3. The Morgan fingerprint density at radius 2 is 1.94 bits per heavy atom. The zero-order chi connectivity index (χ0) is 25.9. The van der Waals surface area contributed by atoms with Crippen LogP contribution in [-0.2, 0) is 16.8 Å². The third kappa shape index (κ3) is 5.31. The molecule has 0 N–H and O–H groups in total. The van der Waals surface area contributed by atoms with Crippen molar-refractivity contribution in [2.75, 3.05) is 0 Å². The molecule has 1 heterocycles.